The average molecular weight is 454 g/mol. The highest BCUT2D eigenvalue weighted by atomic mass is 32.2. The molecule has 0 radical (unpaired) electrons. The maximum absolute atomic E-state index is 14.5. The normalized spacial score (nSPS) is 11.4. The number of hydrogen-bond acceptors (Lipinski definition) is 6. The Morgan fingerprint density at radius 3 is 2.50 bits per heavy atom. The summed E-state index contributed by atoms with van der Waals surface area (Å²) in [5.41, 5.74) is -0.868. The minimum absolute atomic E-state index is 0.174. The zero-order chi connectivity index (χ0) is 23.0. The number of nitrogens with zero attached hydrogens (tertiary/aromatic N) is 3. The van der Waals surface area contributed by atoms with Gasteiger partial charge in [0.2, 0.25) is 0 Å². The van der Waals surface area contributed by atoms with E-state index in [-0.39, 0.29) is 5.69 Å². The molecule has 0 aliphatic rings. The van der Waals surface area contributed by atoms with Crippen molar-refractivity contribution in [2.75, 3.05) is 4.72 Å². The molecule has 0 aliphatic heterocycles. The predicted molar refractivity (Wildman–Crippen MR) is 116 cm³/mol. The van der Waals surface area contributed by atoms with Crippen LogP contribution in [0.15, 0.2) is 76.4 Å². The quantitative estimate of drug-likeness (QED) is 0.363. The number of nitro benzene ring substituents is 1. The first-order valence-electron chi connectivity index (χ1n) is 9.23. The molecule has 1 heterocycles. The van der Waals surface area contributed by atoms with Crippen LogP contribution in [0.3, 0.4) is 0 Å². The van der Waals surface area contributed by atoms with Gasteiger partial charge in [-0.3, -0.25) is 24.2 Å². The molecular weight excluding hydrogens is 439 g/mol. The lowest BCUT2D eigenvalue weighted by atomic mass is 10.2. The maximum atomic E-state index is 14.5. The largest absolute Gasteiger partial charge is 0.289 e. The number of aromatic nitrogens is 2. The van der Waals surface area contributed by atoms with Crippen LogP contribution < -0.4 is 10.3 Å². The lowest BCUT2D eigenvalue weighted by Gasteiger charge is -2.14. The van der Waals surface area contributed by atoms with Crippen LogP contribution in [-0.2, 0) is 10.0 Å². The highest BCUT2D eigenvalue weighted by Crippen LogP contribution is 2.27. The maximum Gasteiger partial charge on any atom is 0.289 e. The predicted octanol–water partition coefficient (Wildman–Crippen LogP) is 3.54. The van der Waals surface area contributed by atoms with Gasteiger partial charge < -0.3 is 0 Å². The van der Waals surface area contributed by atoms with Crippen molar-refractivity contribution < 1.29 is 17.7 Å². The molecule has 4 aromatic rings. The molecule has 1 aromatic heterocycles. The summed E-state index contributed by atoms with van der Waals surface area (Å²) in [7, 11) is -4.50. The Hall–Kier alpha value is -4.12. The molecule has 0 aliphatic carbocycles. The van der Waals surface area contributed by atoms with Crippen molar-refractivity contribution in [2.24, 2.45) is 0 Å². The topological polar surface area (TPSA) is 124 Å². The van der Waals surface area contributed by atoms with Gasteiger partial charge in [-0.05, 0) is 43.3 Å². The third-order valence-corrected chi connectivity index (χ3v) is 6.16. The minimum Gasteiger partial charge on any atom is -0.276 e. The van der Waals surface area contributed by atoms with Crippen LogP contribution in [0.1, 0.15) is 5.82 Å². The van der Waals surface area contributed by atoms with Crippen LogP contribution in [0, 0.1) is 22.9 Å². The number of rotatable bonds is 5. The zero-order valence-corrected chi connectivity index (χ0v) is 17.3. The van der Waals surface area contributed by atoms with Crippen LogP contribution in [0.25, 0.3) is 16.6 Å². The number of aryl methyl sites for hydroxylation is 1. The number of para-hydroxylation sites is 2. The SMILES string of the molecule is Cc1nc2ccccc2c(=O)n1-c1ccc(F)c(NS(=O)(=O)c2ccccc2[N+](=O)[O-])c1. The van der Waals surface area contributed by atoms with Gasteiger partial charge in [0.1, 0.15) is 11.6 Å². The van der Waals surface area contributed by atoms with Gasteiger partial charge in [-0.2, -0.15) is 0 Å². The Bertz CT molecular complexity index is 1550. The second-order valence-corrected chi connectivity index (χ2v) is 8.46. The van der Waals surface area contributed by atoms with Crippen molar-refractivity contribution in [3.63, 3.8) is 0 Å². The Balaban J connectivity index is 1.83. The molecule has 32 heavy (non-hydrogen) atoms. The highest BCUT2D eigenvalue weighted by Gasteiger charge is 2.26. The van der Waals surface area contributed by atoms with Gasteiger partial charge in [-0.25, -0.2) is 17.8 Å². The van der Waals surface area contributed by atoms with E-state index in [9.17, 15) is 27.7 Å². The molecule has 0 amide bonds. The number of fused-ring (bicyclic) bond motifs is 1. The summed E-state index contributed by atoms with van der Waals surface area (Å²) in [6, 6.07) is 14.9. The van der Waals surface area contributed by atoms with E-state index in [0.29, 0.717) is 16.7 Å². The molecule has 0 spiro atoms. The zero-order valence-electron chi connectivity index (χ0n) is 16.5. The summed E-state index contributed by atoms with van der Waals surface area (Å²) < 4.78 is 43.3. The van der Waals surface area contributed by atoms with Gasteiger partial charge >= 0.3 is 0 Å². The Morgan fingerprint density at radius 1 is 1.06 bits per heavy atom. The van der Waals surface area contributed by atoms with Crippen LogP contribution in [-0.4, -0.2) is 22.9 Å². The molecule has 0 fully saturated rings. The van der Waals surface area contributed by atoms with E-state index >= 15 is 0 Å². The van der Waals surface area contributed by atoms with Crippen molar-refractivity contribution >= 4 is 32.3 Å². The van der Waals surface area contributed by atoms with Crippen LogP contribution in [0.2, 0.25) is 0 Å². The van der Waals surface area contributed by atoms with E-state index in [4.69, 9.17) is 0 Å². The van der Waals surface area contributed by atoms with Gasteiger partial charge in [0, 0.05) is 6.07 Å². The van der Waals surface area contributed by atoms with E-state index in [1.165, 1.54) is 22.8 Å². The summed E-state index contributed by atoms with van der Waals surface area (Å²) in [6.45, 7) is 1.59. The molecular formula is C21H15FN4O5S. The highest BCUT2D eigenvalue weighted by molar-refractivity contribution is 7.92. The number of sulfonamides is 1. The summed E-state index contributed by atoms with van der Waals surface area (Å²) in [6.07, 6.45) is 0. The standard InChI is InChI=1S/C21H15FN4O5S/c1-13-23-17-7-3-2-6-15(17)21(27)25(13)14-10-11-16(22)18(12-14)24-32(30,31)20-9-5-4-8-19(20)26(28)29/h2-12,24H,1H3. The van der Waals surface area contributed by atoms with E-state index in [2.05, 4.69) is 4.98 Å². The van der Waals surface area contributed by atoms with Crippen molar-refractivity contribution in [2.45, 2.75) is 11.8 Å². The van der Waals surface area contributed by atoms with Gasteiger partial charge in [0.05, 0.1) is 27.2 Å². The van der Waals surface area contributed by atoms with Crippen LogP contribution in [0.4, 0.5) is 15.8 Å². The molecule has 0 atom stereocenters. The van der Waals surface area contributed by atoms with E-state index in [1.54, 1.807) is 31.2 Å². The number of anilines is 1. The molecule has 162 valence electrons. The third-order valence-electron chi connectivity index (χ3n) is 4.75. The average Bonchev–Trinajstić information content (AvgIpc) is 2.75. The first-order valence-corrected chi connectivity index (χ1v) is 10.7. The molecule has 0 saturated heterocycles. The molecule has 11 heteroatoms. The number of nitro groups is 1. The van der Waals surface area contributed by atoms with Crippen molar-refractivity contribution in [1.82, 2.24) is 9.55 Å². The fraction of sp³-hybridized carbons (Fsp3) is 0.0476. The fourth-order valence-corrected chi connectivity index (χ4v) is 4.54. The minimum atomic E-state index is -4.50. The second-order valence-electron chi connectivity index (χ2n) is 6.81. The number of benzene rings is 3. The lowest BCUT2D eigenvalue weighted by molar-refractivity contribution is -0.387. The molecule has 4 rings (SSSR count). The first kappa shape index (κ1) is 21.1. The monoisotopic (exact) mass is 454 g/mol. The molecule has 0 saturated carbocycles. The molecule has 3 aromatic carbocycles. The number of hydrogen-bond donors (Lipinski definition) is 1. The summed E-state index contributed by atoms with van der Waals surface area (Å²) in [5, 5.41) is 11.5. The van der Waals surface area contributed by atoms with E-state index in [0.717, 1.165) is 24.3 Å². The third kappa shape index (κ3) is 3.69. The van der Waals surface area contributed by atoms with Crippen molar-refractivity contribution in [3.8, 4) is 5.69 Å². The lowest BCUT2D eigenvalue weighted by Crippen LogP contribution is -2.22. The van der Waals surface area contributed by atoms with Crippen LogP contribution >= 0.6 is 0 Å². The second kappa shape index (κ2) is 7.85. The van der Waals surface area contributed by atoms with Crippen molar-refractivity contribution in [3.05, 3.63) is 98.8 Å². The Morgan fingerprint density at radius 2 is 1.75 bits per heavy atom. The molecule has 1 N–H and O–H groups in total. The summed E-state index contributed by atoms with van der Waals surface area (Å²) in [5.74, 6) is -0.608. The van der Waals surface area contributed by atoms with Gasteiger partial charge in [-0.1, -0.05) is 24.3 Å². The first-order chi connectivity index (χ1) is 15.2. The molecule has 9 nitrogen and oxygen atoms in total. The van der Waals surface area contributed by atoms with E-state index < -0.39 is 42.6 Å². The van der Waals surface area contributed by atoms with Crippen molar-refractivity contribution in [1.29, 1.82) is 0 Å². The Kier molecular flexibility index (Phi) is 5.18. The number of halogens is 1. The van der Waals surface area contributed by atoms with E-state index in [1.807, 2.05) is 4.72 Å². The molecule has 0 bridgehead atoms. The van der Waals surface area contributed by atoms with Crippen LogP contribution in [0.5, 0.6) is 0 Å². The van der Waals surface area contributed by atoms with Gasteiger partial charge in [-0.15, -0.1) is 0 Å². The Labute approximate surface area is 181 Å². The summed E-state index contributed by atoms with van der Waals surface area (Å²) >= 11 is 0. The fourth-order valence-electron chi connectivity index (χ4n) is 3.31. The van der Waals surface area contributed by atoms with Gasteiger partial charge in [0.15, 0.2) is 4.90 Å². The summed E-state index contributed by atoms with van der Waals surface area (Å²) in [4.78, 5) is 27.1. The smallest absolute Gasteiger partial charge is 0.276 e. The van der Waals surface area contributed by atoms with Gasteiger partial charge in [0.25, 0.3) is 21.3 Å². The molecule has 0 unspecified atom stereocenters. The number of nitrogens with one attached hydrogen (secondary N) is 1.